The molecule has 3 rings (SSSR count). The van der Waals surface area contributed by atoms with E-state index in [1.54, 1.807) is 49.4 Å². The summed E-state index contributed by atoms with van der Waals surface area (Å²) in [6.07, 6.45) is 0.704. The van der Waals surface area contributed by atoms with E-state index in [9.17, 15) is 18.0 Å². The molecule has 2 atom stereocenters. The first-order valence-electron chi connectivity index (χ1n) is 12.3. The van der Waals surface area contributed by atoms with Crippen LogP contribution in [0.1, 0.15) is 32.8 Å². The Kier molecular flexibility index (Phi) is 10.7. The minimum atomic E-state index is -4.22. The minimum Gasteiger partial charge on any atom is -0.352 e. The van der Waals surface area contributed by atoms with E-state index in [0.29, 0.717) is 17.0 Å². The third-order valence-electron chi connectivity index (χ3n) is 6.21. The maximum Gasteiger partial charge on any atom is 0.264 e. The van der Waals surface area contributed by atoms with Crippen LogP contribution in [0.2, 0.25) is 15.1 Å². The lowest BCUT2D eigenvalue weighted by atomic mass is 10.1. The van der Waals surface area contributed by atoms with Crippen molar-refractivity contribution in [3.05, 3.63) is 93.4 Å². The summed E-state index contributed by atoms with van der Waals surface area (Å²) in [5.74, 6) is -0.981. The largest absolute Gasteiger partial charge is 0.352 e. The normalized spacial score (nSPS) is 12.9. The van der Waals surface area contributed by atoms with Crippen molar-refractivity contribution in [1.82, 2.24) is 10.2 Å². The first-order valence-corrected chi connectivity index (χ1v) is 14.9. The van der Waals surface area contributed by atoms with Crippen LogP contribution in [0.3, 0.4) is 0 Å². The van der Waals surface area contributed by atoms with Crippen LogP contribution in [0.15, 0.2) is 77.7 Å². The molecular formula is C28H30Cl3N3O4S. The van der Waals surface area contributed by atoms with Crippen molar-refractivity contribution in [2.24, 2.45) is 0 Å². The van der Waals surface area contributed by atoms with Gasteiger partial charge in [-0.05, 0) is 62.2 Å². The summed E-state index contributed by atoms with van der Waals surface area (Å²) in [7, 11) is -4.22. The van der Waals surface area contributed by atoms with Gasteiger partial charge in [-0.2, -0.15) is 0 Å². The zero-order chi connectivity index (χ0) is 28.7. The monoisotopic (exact) mass is 609 g/mol. The van der Waals surface area contributed by atoms with Crippen molar-refractivity contribution >= 4 is 62.3 Å². The highest BCUT2D eigenvalue weighted by atomic mass is 35.5. The number of nitrogens with zero attached hydrogens (tertiary/aromatic N) is 2. The number of amides is 2. The molecule has 208 valence electrons. The van der Waals surface area contributed by atoms with E-state index in [0.717, 1.165) is 4.31 Å². The van der Waals surface area contributed by atoms with Gasteiger partial charge in [0.1, 0.15) is 12.6 Å². The fourth-order valence-electron chi connectivity index (χ4n) is 3.79. The summed E-state index contributed by atoms with van der Waals surface area (Å²) >= 11 is 18.8. The summed E-state index contributed by atoms with van der Waals surface area (Å²) in [4.78, 5) is 28.3. The Hall–Kier alpha value is -2.78. The van der Waals surface area contributed by atoms with Crippen LogP contribution < -0.4 is 9.62 Å². The molecule has 0 aliphatic carbocycles. The van der Waals surface area contributed by atoms with Crippen molar-refractivity contribution in [2.45, 2.75) is 50.7 Å². The maximum atomic E-state index is 13.9. The molecule has 0 saturated heterocycles. The molecule has 0 saturated carbocycles. The summed E-state index contributed by atoms with van der Waals surface area (Å²) in [6, 6.07) is 17.9. The third-order valence-corrected chi connectivity index (χ3v) is 8.81. The molecule has 3 aromatic carbocycles. The van der Waals surface area contributed by atoms with Crippen molar-refractivity contribution in [3.63, 3.8) is 0 Å². The van der Waals surface area contributed by atoms with Crippen LogP contribution in [0.25, 0.3) is 0 Å². The molecule has 0 heterocycles. The smallest absolute Gasteiger partial charge is 0.264 e. The molecule has 2 amide bonds. The number of benzene rings is 3. The van der Waals surface area contributed by atoms with E-state index < -0.39 is 28.5 Å². The van der Waals surface area contributed by atoms with E-state index >= 15 is 0 Å². The van der Waals surface area contributed by atoms with Crippen molar-refractivity contribution in [3.8, 4) is 0 Å². The minimum absolute atomic E-state index is 0.0108. The van der Waals surface area contributed by atoms with E-state index in [4.69, 9.17) is 34.8 Å². The molecule has 0 fully saturated rings. The molecule has 39 heavy (non-hydrogen) atoms. The Bertz CT molecular complexity index is 1400. The Labute approximate surface area is 244 Å². The van der Waals surface area contributed by atoms with Gasteiger partial charge in [0.15, 0.2) is 0 Å². The summed E-state index contributed by atoms with van der Waals surface area (Å²) in [5.41, 5.74) is 0.720. The van der Waals surface area contributed by atoms with Crippen LogP contribution in [0.4, 0.5) is 5.69 Å². The molecule has 0 aliphatic heterocycles. The highest BCUT2D eigenvalue weighted by molar-refractivity contribution is 7.92. The highest BCUT2D eigenvalue weighted by Gasteiger charge is 2.33. The van der Waals surface area contributed by atoms with Gasteiger partial charge in [0.25, 0.3) is 10.0 Å². The van der Waals surface area contributed by atoms with Crippen LogP contribution in [-0.4, -0.2) is 43.8 Å². The Morgan fingerprint density at radius 2 is 1.49 bits per heavy atom. The van der Waals surface area contributed by atoms with Crippen LogP contribution in [-0.2, 0) is 26.2 Å². The molecule has 1 N–H and O–H groups in total. The number of anilines is 1. The molecule has 0 bridgehead atoms. The zero-order valence-electron chi connectivity index (χ0n) is 21.8. The predicted molar refractivity (Wildman–Crippen MR) is 157 cm³/mol. The highest BCUT2D eigenvalue weighted by Crippen LogP contribution is 2.30. The molecule has 7 nitrogen and oxygen atoms in total. The number of carbonyl (C=O) groups excluding carboxylic acids is 2. The average molecular weight is 611 g/mol. The van der Waals surface area contributed by atoms with E-state index in [2.05, 4.69) is 5.32 Å². The van der Waals surface area contributed by atoms with Gasteiger partial charge in [0.05, 0.1) is 10.6 Å². The number of hydrogen-bond acceptors (Lipinski definition) is 4. The maximum absolute atomic E-state index is 13.9. The van der Waals surface area contributed by atoms with Crippen molar-refractivity contribution in [1.29, 1.82) is 0 Å². The molecule has 3 aromatic rings. The molecule has 0 aliphatic rings. The summed E-state index contributed by atoms with van der Waals surface area (Å²) < 4.78 is 28.5. The first-order chi connectivity index (χ1) is 18.4. The second-order valence-corrected chi connectivity index (χ2v) is 12.2. The number of carbonyl (C=O) groups is 2. The van der Waals surface area contributed by atoms with E-state index in [-0.39, 0.29) is 39.1 Å². The van der Waals surface area contributed by atoms with Crippen molar-refractivity contribution < 1.29 is 18.0 Å². The quantitative estimate of drug-likeness (QED) is 0.281. The topological polar surface area (TPSA) is 86.8 Å². The molecule has 0 aromatic heterocycles. The molecule has 0 radical (unpaired) electrons. The standard InChI is InChI=1S/C28H30Cl3N3O4S/c1-4-19(2)32-28(36)20(3)33(17-21-10-8-9-13-26(21)31)27(35)18-34(24-15-22(29)14-23(30)16-24)39(37,38)25-11-6-5-7-12-25/h5-16,19-20H,4,17-18H2,1-3H3,(H,32,36). The van der Waals surface area contributed by atoms with Gasteiger partial charge in [-0.25, -0.2) is 8.42 Å². The fraction of sp³-hybridized carbons (Fsp3) is 0.286. The number of hydrogen-bond donors (Lipinski definition) is 1. The molecule has 2 unspecified atom stereocenters. The lowest BCUT2D eigenvalue weighted by molar-refractivity contribution is -0.139. The zero-order valence-corrected chi connectivity index (χ0v) is 24.9. The van der Waals surface area contributed by atoms with Crippen LogP contribution in [0, 0.1) is 0 Å². The van der Waals surface area contributed by atoms with Crippen molar-refractivity contribution in [2.75, 3.05) is 10.8 Å². The third kappa shape index (κ3) is 7.88. The van der Waals surface area contributed by atoms with E-state index in [1.165, 1.54) is 35.2 Å². The average Bonchev–Trinajstić information content (AvgIpc) is 2.90. The number of nitrogens with one attached hydrogen (secondary N) is 1. The SMILES string of the molecule is CCC(C)NC(=O)C(C)N(Cc1ccccc1Cl)C(=O)CN(c1cc(Cl)cc(Cl)c1)S(=O)(=O)c1ccccc1. The van der Waals surface area contributed by atoms with Crippen LogP contribution >= 0.6 is 34.8 Å². The predicted octanol–water partition coefficient (Wildman–Crippen LogP) is 6.17. The second-order valence-electron chi connectivity index (χ2n) is 9.06. The van der Waals surface area contributed by atoms with Gasteiger partial charge in [0, 0.05) is 27.7 Å². The van der Waals surface area contributed by atoms with Gasteiger partial charge in [-0.3, -0.25) is 13.9 Å². The summed E-state index contributed by atoms with van der Waals surface area (Å²) in [5, 5.41) is 3.71. The fourth-order valence-corrected chi connectivity index (χ4v) is 5.92. The summed E-state index contributed by atoms with van der Waals surface area (Å²) in [6.45, 7) is 4.77. The van der Waals surface area contributed by atoms with Crippen LogP contribution in [0.5, 0.6) is 0 Å². The van der Waals surface area contributed by atoms with Gasteiger partial charge >= 0.3 is 0 Å². The number of sulfonamides is 1. The molecular weight excluding hydrogens is 581 g/mol. The van der Waals surface area contributed by atoms with E-state index in [1.807, 2.05) is 13.8 Å². The number of rotatable bonds is 11. The first kappa shape index (κ1) is 30.8. The number of halogens is 3. The Morgan fingerprint density at radius 1 is 0.897 bits per heavy atom. The second kappa shape index (κ2) is 13.5. The Balaban J connectivity index is 2.06. The van der Waals surface area contributed by atoms with Gasteiger partial charge in [0.2, 0.25) is 11.8 Å². The lowest BCUT2D eigenvalue weighted by Crippen LogP contribution is -2.52. The van der Waals surface area contributed by atoms with Gasteiger partial charge in [-0.15, -0.1) is 0 Å². The van der Waals surface area contributed by atoms with Gasteiger partial charge < -0.3 is 10.2 Å². The van der Waals surface area contributed by atoms with Gasteiger partial charge in [-0.1, -0.05) is 78.1 Å². The lowest BCUT2D eigenvalue weighted by Gasteiger charge is -2.32. The Morgan fingerprint density at radius 3 is 2.08 bits per heavy atom. The molecule has 11 heteroatoms. The molecule has 0 spiro atoms.